The van der Waals surface area contributed by atoms with E-state index in [0.717, 1.165) is 0 Å². The van der Waals surface area contributed by atoms with Crippen LogP contribution >= 0.6 is 15.9 Å². The van der Waals surface area contributed by atoms with E-state index in [-0.39, 0.29) is 11.4 Å². The number of hydrogen-bond acceptors (Lipinski definition) is 5. The van der Waals surface area contributed by atoms with Crippen molar-refractivity contribution in [1.82, 2.24) is 4.98 Å². The van der Waals surface area contributed by atoms with Gasteiger partial charge in [0.25, 0.3) is 5.69 Å². The molecule has 6 nitrogen and oxygen atoms in total. The Morgan fingerprint density at radius 1 is 1.67 bits per heavy atom. The Balaban J connectivity index is 3.35. The Labute approximate surface area is 94.7 Å². The molecule has 1 aromatic rings. The molecule has 2 N–H and O–H groups in total. The van der Waals surface area contributed by atoms with E-state index in [2.05, 4.69) is 25.8 Å². The van der Waals surface area contributed by atoms with Gasteiger partial charge in [0.05, 0.1) is 4.92 Å². The second kappa shape index (κ2) is 4.21. The maximum Gasteiger partial charge on any atom is 0.294 e. The quantitative estimate of drug-likeness (QED) is 0.672. The Kier molecular flexibility index (Phi) is 3.38. The van der Waals surface area contributed by atoms with E-state index in [1.807, 2.05) is 0 Å². The largest absolute Gasteiger partial charge is 0.294 e. The topological polar surface area (TPSA) is 91.3 Å². The summed E-state index contributed by atoms with van der Waals surface area (Å²) in [5.74, 6) is 5.07. The van der Waals surface area contributed by atoms with Crippen LogP contribution in [0.25, 0.3) is 0 Å². The summed E-state index contributed by atoms with van der Waals surface area (Å²) in [6.45, 7) is 3.21. The molecule has 0 fully saturated rings. The highest BCUT2D eigenvalue weighted by Crippen LogP contribution is 2.31. The second-order valence-electron chi connectivity index (χ2n) is 3.41. The molecule has 0 saturated heterocycles. The molecule has 0 radical (unpaired) electrons. The third-order valence-electron chi connectivity index (χ3n) is 1.90. The van der Waals surface area contributed by atoms with Crippen LogP contribution in [0.4, 0.5) is 5.69 Å². The van der Waals surface area contributed by atoms with Gasteiger partial charge in [-0.2, -0.15) is 0 Å². The van der Waals surface area contributed by atoms with Gasteiger partial charge in [0, 0.05) is 16.7 Å². The maximum atomic E-state index is 10.8. The molecule has 15 heavy (non-hydrogen) atoms. The van der Waals surface area contributed by atoms with Crippen LogP contribution in [0.3, 0.4) is 0 Å². The second-order valence-corrected chi connectivity index (χ2v) is 4.32. The fraction of sp³-hybridized carbons (Fsp3) is 0.375. The van der Waals surface area contributed by atoms with E-state index >= 15 is 0 Å². The first kappa shape index (κ1) is 12.0. The number of nitro groups is 1. The predicted octanol–water partition coefficient (Wildman–Crippen LogP) is 1.88. The van der Waals surface area contributed by atoms with Crippen molar-refractivity contribution in [3.63, 3.8) is 0 Å². The predicted molar refractivity (Wildman–Crippen MR) is 56.9 cm³/mol. The van der Waals surface area contributed by atoms with Gasteiger partial charge in [-0.25, -0.2) is 10.9 Å². The monoisotopic (exact) mass is 275 g/mol. The van der Waals surface area contributed by atoms with Gasteiger partial charge in [0.1, 0.15) is 5.60 Å². The lowest BCUT2D eigenvalue weighted by Crippen LogP contribution is -2.27. The molecule has 0 aliphatic carbocycles. The molecule has 7 heteroatoms. The molecule has 0 aromatic carbocycles. The maximum absolute atomic E-state index is 10.8. The summed E-state index contributed by atoms with van der Waals surface area (Å²) in [6, 6.07) is 1.36. The fourth-order valence-electron chi connectivity index (χ4n) is 1.09. The van der Waals surface area contributed by atoms with Gasteiger partial charge in [-0.1, -0.05) is 0 Å². The Hall–Kier alpha value is -1.05. The molecule has 0 spiro atoms. The summed E-state index contributed by atoms with van der Waals surface area (Å²) in [5, 5.41) is 10.8. The lowest BCUT2D eigenvalue weighted by molar-refractivity contribution is -0.387. The number of nitrogens with two attached hydrogens (primary N) is 1. The zero-order chi connectivity index (χ0) is 11.6. The average Bonchev–Trinajstić information content (AvgIpc) is 2.17. The van der Waals surface area contributed by atoms with Crippen LogP contribution in [0.15, 0.2) is 16.7 Å². The van der Waals surface area contributed by atoms with Crippen LogP contribution in [-0.2, 0) is 10.4 Å². The SMILES string of the molecule is CC(C)(ON)c1ncc(Br)cc1[N+](=O)[O-]. The van der Waals surface area contributed by atoms with E-state index in [9.17, 15) is 10.1 Å². The number of aromatic nitrogens is 1. The van der Waals surface area contributed by atoms with Crippen molar-refractivity contribution in [2.75, 3.05) is 0 Å². The van der Waals surface area contributed by atoms with Gasteiger partial charge in [-0.15, -0.1) is 0 Å². The van der Waals surface area contributed by atoms with E-state index in [1.165, 1.54) is 12.3 Å². The van der Waals surface area contributed by atoms with Crippen molar-refractivity contribution in [3.05, 3.63) is 32.5 Å². The van der Waals surface area contributed by atoms with Crippen LogP contribution in [0, 0.1) is 10.1 Å². The van der Waals surface area contributed by atoms with Crippen LogP contribution in [0.5, 0.6) is 0 Å². The normalized spacial score (nSPS) is 11.5. The number of rotatable bonds is 3. The Morgan fingerprint density at radius 2 is 2.27 bits per heavy atom. The molecule has 0 unspecified atom stereocenters. The van der Waals surface area contributed by atoms with E-state index < -0.39 is 10.5 Å². The summed E-state index contributed by atoms with van der Waals surface area (Å²) in [5.41, 5.74) is -0.929. The molecule has 0 aliphatic rings. The Bertz CT molecular complexity index is 395. The first-order chi connectivity index (χ1) is 6.88. The van der Waals surface area contributed by atoms with Gasteiger partial charge in [0.2, 0.25) is 0 Å². The summed E-state index contributed by atoms with van der Waals surface area (Å²) < 4.78 is 0.533. The minimum Gasteiger partial charge on any atom is -0.292 e. The molecule has 0 atom stereocenters. The van der Waals surface area contributed by atoms with Crippen LogP contribution in [0.2, 0.25) is 0 Å². The molecule has 0 amide bonds. The van der Waals surface area contributed by atoms with Gasteiger partial charge in [0.15, 0.2) is 5.69 Å². The van der Waals surface area contributed by atoms with Crippen LogP contribution in [-0.4, -0.2) is 9.91 Å². The fourth-order valence-corrected chi connectivity index (χ4v) is 1.41. The first-order valence-corrected chi connectivity index (χ1v) is 4.86. The smallest absolute Gasteiger partial charge is 0.292 e. The molecule has 1 aromatic heterocycles. The highest BCUT2D eigenvalue weighted by atomic mass is 79.9. The zero-order valence-corrected chi connectivity index (χ0v) is 9.82. The average molecular weight is 276 g/mol. The van der Waals surface area contributed by atoms with Crippen molar-refractivity contribution in [1.29, 1.82) is 0 Å². The summed E-state index contributed by atoms with van der Waals surface area (Å²) in [4.78, 5) is 18.9. The summed E-state index contributed by atoms with van der Waals surface area (Å²) in [6.07, 6.45) is 1.46. The van der Waals surface area contributed by atoms with Gasteiger partial charge >= 0.3 is 0 Å². The van der Waals surface area contributed by atoms with Crippen molar-refractivity contribution in [3.8, 4) is 0 Å². The minimum atomic E-state index is -0.997. The number of nitrogens with zero attached hydrogens (tertiary/aromatic N) is 2. The third-order valence-corrected chi connectivity index (χ3v) is 2.33. The number of hydrogen-bond donors (Lipinski definition) is 1. The van der Waals surface area contributed by atoms with Gasteiger partial charge < -0.3 is 0 Å². The molecule has 0 saturated carbocycles. The van der Waals surface area contributed by atoms with Gasteiger partial charge in [-0.3, -0.25) is 15.0 Å². The van der Waals surface area contributed by atoms with Crippen molar-refractivity contribution in [2.45, 2.75) is 19.4 Å². The molecular weight excluding hydrogens is 266 g/mol. The van der Waals surface area contributed by atoms with E-state index in [0.29, 0.717) is 4.47 Å². The van der Waals surface area contributed by atoms with Crippen LogP contribution < -0.4 is 5.90 Å². The minimum absolute atomic E-state index is 0.125. The number of pyridine rings is 1. The lowest BCUT2D eigenvalue weighted by atomic mass is 10.0. The summed E-state index contributed by atoms with van der Waals surface area (Å²) in [7, 11) is 0. The van der Waals surface area contributed by atoms with E-state index in [4.69, 9.17) is 5.90 Å². The third kappa shape index (κ3) is 2.49. The highest BCUT2D eigenvalue weighted by Gasteiger charge is 2.31. The first-order valence-electron chi connectivity index (χ1n) is 4.07. The summed E-state index contributed by atoms with van der Waals surface area (Å²) >= 11 is 3.11. The lowest BCUT2D eigenvalue weighted by Gasteiger charge is -2.20. The molecular formula is C8H10BrN3O3. The van der Waals surface area contributed by atoms with Crippen molar-refractivity contribution >= 4 is 21.6 Å². The molecule has 1 rings (SSSR count). The molecule has 0 bridgehead atoms. The van der Waals surface area contributed by atoms with Crippen molar-refractivity contribution < 1.29 is 9.76 Å². The zero-order valence-electron chi connectivity index (χ0n) is 8.23. The van der Waals surface area contributed by atoms with Crippen LogP contribution in [0.1, 0.15) is 19.5 Å². The van der Waals surface area contributed by atoms with Gasteiger partial charge in [-0.05, 0) is 29.8 Å². The standard InChI is InChI=1S/C8H10BrN3O3/c1-8(2,15-10)7-6(12(13)14)3-5(9)4-11-7/h3-4H,10H2,1-2H3. The highest BCUT2D eigenvalue weighted by molar-refractivity contribution is 9.10. The Morgan fingerprint density at radius 3 is 2.73 bits per heavy atom. The van der Waals surface area contributed by atoms with Crippen molar-refractivity contribution in [2.24, 2.45) is 5.90 Å². The molecule has 82 valence electrons. The number of halogens is 1. The van der Waals surface area contributed by atoms with E-state index in [1.54, 1.807) is 13.8 Å². The molecule has 1 heterocycles. The molecule has 0 aliphatic heterocycles.